The molecule has 2 amide bonds. The minimum Gasteiger partial charge on any atom is -0.352 e. The average molecular weight is 332 g/mol. The van der Waals surface area contributed by atoms with Crippen molar-refractivity contribution in [2.45, 2.75) is 57.8 Å². The first kappa shape index (κ1) is 15.2. The molecule has 0 spiro atoms. The third-order valence-corrected chi connectivity index (χ3v) is 6.59. The van der Waals surface area contributed by atoms with Crippen molar-refractivity contribution in [3.8, 4) is 0 Å². The summed E-state index contributed by atoms with van der Waals surface area (Å²) in [5, 5.41) is 6.93. The van der Waals surface area contributed by atoms with Crippen LogP contribution in [-0.4, -0.2) is 18.4 Å². The van der Waals surface area contributed by atoms with E-state index in [1.165, 1.54) is 29.7 Å². The first-order valence-corrected chi connectivity index (χ1v) is 9.69. The Morgan fingerprint density at radius 1 is 1.17 bits per heavy atom. The summed E-state index contributed by atoms with van der Waals surface area (Å²) in [7, 11) is 0. The lowest BCUT2D eigenvalue weighted by Gasteiger charge is -2.18. The fourth-order valence-electron chi connectivity index (χ4n) is 3.38. The molecule has 4 nitrogen and oxygen atoms in total. The standard InChI is InChI=1S/C18H24N2O2S/c1-10-3-2-4-13-14(17(22)19-9-11-5-6-11)18(23-15(10)13)20-16(21)12-7-8-12/h10-12H,2-9H2,1H3,(H,19,22)(H,20,21). The van der Waals surface area contributed by atoms with Crippen molar-refractivity contribution in [1.82, 2.24) is 5.32 Å². The summed E-state index contributed by atoms with van der Waals surface area (Å²) in [6.07, 6.45) is 7.68. The van der Waals surface area contributed by atoms with E-state index in [1.54, 1.807) is 11.3 Å². The van der Waals surface area contributed by atoms with Crippen molar-refractivity contribution in [1.29, 1.82) is 0 Å². The molecule has 2 saturated carbocycles. The highest BCUT2D eigenvalue weighted by molar-refractivity contribution is 7.17. The zero-order valence-corrected chi connectivity index (χ0v) is 14.4. The topological polar surface area (TPSA) is 58.2 Å². The molecule has 23 heavy (non-hydrogen) atoms. The first-order valence-electron chi connectivity index (χ1n) is 8.88. The smallest absolute Gasteiger partial charge is 0.254 e. The monoisotopic (exact) mass is 332 g/mol. The normalized spacial score (nSPS) is 23.3. The summed E-state index contributed by atoms with van der Waals surface area (Å²) < 4.78 is 0. The van der Waals surface area contributed by atoms with Crippen LogP contribution < -0.4 is 10.6 Å². The summed E-state index contributed by atoms with van der Waals surface area (Å²) in [6.45, 7) is 3.00. The number of thiophene rings is 1. The van der Waals surface area contributed by atoms with Gasteiger partial charge in [-0.3, -0.25) is 9.59 Å². The summed E-state index contributed by atoms with van der Waals surface area (Å²) in [4.78, 5) is 26.2. The summed E-state index contributed by atoms with van der Waals surface area (Å²) in [6, 6.07) is 0. The Kier molecular flexibility index (Phi) is 3.92. The highest BCUT2D eigenvalue weighted by Crippen LogP contribution is 2.44. The summed E-state index contributed by atoms with van der Waals surface area (Å²) in [5.41, 5.74) is 1.94. The first-order chi connectivity index (χ1) is 11.1. The van der Waals surface area contributed by atoms with Crippen molar-refractivity contribution in [3.63, 3.8) is 0 Å². The SMILES string of the molecule is CC1CCCc2c1sc(NC(=O)C1CC1)c2C(=O)NCC1CC1. The predicted molar refractivity (Wildman–Crippen MR) is 92.1 cm³/mol. The predicted octanol–water partition coefficient (Wildman–Crippen LogP) is 3.68. The van der Waals surface area contributed by atoms with Crippen LogP contribution in [0.25, 0.3) is 0 Å². The van der Waals surface area contributed by atoms with Crippen LogP contribution in [0.4, 0.5) is 5.00 Å². The van der Waals surface area contributed by atoms with Gasteiger partial charge in [-0.25, -0.2) is 0 Å². The number of nitrogens with one attached hydrogen (secondary N) is 2. The van der Waals surface area contributed by atoms with Crippen LogP contribution in [0.15, 0.2) is 0 Å². The Labute approximate surface area is 141 Å². The zero-order valence-electron chi connectivity index (χ0n) is 13.6. The van der Waals surface area contributed by atoms with Crippen molar-refractivity contribution >= 4 is 28.2 Å². The Bertz CT molecular complexity index is 644. The lowest BCUT2D eigenvalue weighted by molar-refractivity contribution is -0.117. The molecule has 0 aliphatic heterocycles. The van der Waals surface area contributed by atoms with E-state index < -0.39 is 0 Å². The Morgan fingerprint density at radius 2 is 1.96 bits per heavy atom. The van der Waals surface area contributed by atoms with Crippen LogP contribution in [0.1, 0.15) is 72.2 Å². The number of carbonyl (C=O) groups excluding carboxylic acids is 2. The molecule has 124 valence electrons. The molecule has 0 saturated heterocycles. The molecule has 5 heteroatoms. The van der Waals surface area contributed by atoms with Crippen LogP contribution >= 0.6 is 11.3 Å². The molecular formula is C18H24N2O2S. The van der Waals surface area contributed by atoms with E-state index in [1.807, 2.05) is 0 Å². The minimum absolute atomic E-state index is 0.00889. The Morgan fingerprint density at radius 3 is 2.65 bits per heavy atom. The van der Waals surface area contributed by atoms with Gasteiger partial charge in [-0.1, -0.05) is 6.92 Å². The van der Waals surface area contributed by atoms with E-state index in [2.05, 4.69) is 17.6 Å². The van der Waals surface area contributed by atoms with Gasteiger partial charge in [0.15, 0.2) is 0 Å². The fraction of sp³-hybridized carbons (Fsp3) is 0.667. The number of hydrogen-bond donors (Lipinski definition) is 2. The Hall–Kier alpha value is -1.36. The largest absolute Gasteiger partial charge is 0.352 e. The van der Waals surface area contributed by atoms with Gasteiger partial charge in [-0.05, 0) is 62.3 Å². The molecule has 2 fully saturated rings. The highest BCUT2D eigenvalue weighted by Gasteiger charge is 2.34. The number of fused-ring (bicyclic) bond motifs is 1. The number of anilines is 1. The maximum absolute atomic E-state index is 12.7. The molecule has 1 unspecified atom stereocenters. The van der Waals surface area contributed by atoms with E-state index in [0.29, 0.717) is 11.8 Å². The second-order valence-corrected chi connectivity index (χ2v) is 8.41. The lowest BCUT2D eigenvalue weighted by atomic mass is 9.88. The van der Waals surface area contributed by atoms with Crippen molar-refractivity contribution in [2.75, 3.05) is 11.9 Å². The van der Waals surface area contributed by atoms with Crippen LogP contribution in [0, 0.1) is 11.8 Å². The number of rotatable bonds is 5. The molecule has 0 bridgehead atoms. The molecular weight excluding hydrogens is 308 g/mol. The summed E-state index contributed by atoms with van der Waals surface area (Å²) >= 11 is 1.63. The number of hydrogen-bond acceptors (Lipinski definition) is 3. The second-order valence-electron chi connectivity index (χ2n) is 7.36. The molecule has 1 atom stereocenters. The van der Waals surface area contributed by atoms with Crippen LogP contribution in [0.3, 0.4) is 0 Å². The number of amides is 2. The molecule has 2 N–H and O–H groups in total. The van der Waals surface area contributed by atoms with Gasteiger partial charge in [0.1, 0.15) is 5.00 Å². The number of carbonyl (C=O) groups is 2. The van der Waals surface area contributed by atoms with Crippen molar-refractivity contribution in [2.24, 2.45) is 11.8 Å². The molecule has 0 aromatic carbocycles. The van der Waals surface area contributed by atoms with Gasteiger partial charge in [-0.2, -0.15) is 0 Å². The molecule has 3 aliphatic rings. The van der Waals surface area contributed by atoms with Crippen molar-refractivity contribution in [3.05, 3.63) is 16.0 Å². The molecule has 1 aromatic rings. The molecule has 1 heterocycles. The molecule has 3 aliphatic carbocycles. The fourth-order valence-corrected chi connectivity index (χ4v) is 4.72. The second kappa shape index (κ2) is 5.93. The van der Waals surface area contributed by atoms with Gasteiger partial charge in [0.2, 0.25) is 5.91 Å². The molecule has 0 radical (unpaired) electrons. The van der Waals surface area contributed by atoms with Gasteiger partial charge < -0.3 is 10.6 Å². The maximum atomic E-state index is 12.7. The van der Waals surface area contributed by atoms with E-state index in [4.69, 9.17) is 0 Å². The van der Waals surface area contributed by atoms with E-state index >= 15 is 0 Å². The third-order valence-electron chi connectivity index (χ3n) is 5.21. The Balaban J connectivity index is 1.61. The third kappa shape index (κ3) is 3.16. The zero-order chi connectivity index (χ0) is 16.0. The van der Waals surface area contributed by atoms with E-state index in [-0.39, 0.29) is 17.7 Å². The summed E-state index contributed by atoms with van der Waals surface area (Å²) in [5.74, 6) is 1.41. The van der Waals surface area contributed by atoms with Crippen LogP contribution in [0.5, 0.6) is 0 Å². The minimum atomic E-state index is 0.00889. The highest BCUT2D eigenvalue weighted by atomic mass is 32.1. The van der Waals surface area contributed by atoms with Crippen LogP contribution in [-0.2, 0) is 11.2 Å². The van der Waals surface area contributed by atoms with Gasteiger partial charge in [-0.15, -0.1) is 11.3 Å². The van der Waals surface area contributed by atoms with Gasteiger partial charge in [0.25, 0.3) is 5.91 Å². The van der Waals surface area contributed by atoms with Crippen molar-refractivity contribution < 1.29 is 9.59 Å². The van der Waals surface area contributed by atoms with E-state index in [0.717, 1.165) is 42.8 Å². The maximum Gasteiger partial charge on any atom is 0.254 e. The van der Waals surface area contributed by atoms with Gasteiger partial charge in [0, 0.05) is 17.3 Å². The van der Waals surface area contributed by atoms with E-state index in [9.17, 15) is 9.59 Å². The molecule has 1 aromatic heterocycles. The van der Waals surface area contributed by atoms with Gasteiger partial charge >= 0.3 is 0 Å². The van der Waals surface area contributed by atoms with Gasteiger partial charge in [0.05, 0.1) is 5.56 Å². The average Bonchev–Trinajstić information content (AvgIpc) is 3.42. The van der Waals surface area contributed by atoms with Crippen LogP contribution in [0.2, 0.25) is 0 Å². The molecule has 4 rings (SSSR count). The lowest BCUT2D eigenvalue weighted by Crippen LogP contribution is -2.27. The quantitative estimate of drug-likeness (QED) is 0.864.